The first-order chi connectivity index (χ1) is 7.78. The molecule has 1 saturated carbocycles. The number of aromatic nitrogens is 1. The SMILES string of the molecule is CC1(Nc2cc(C(F)(F)F)cc(Br)n2)CCC1. The number of halogens is 4. The van der Waals surface area contributed by atoms with Crippen LogP contribution in [-0.2, 0) is 6.18 Å². The van der Waals surface area contributed by atoms with Gasteiger partial charge in [-0.15, -0.1) is 0 Å². The quantitative estimate of drug-likeness (QED) is 0.828. The van der Waals surface area contributed by atoms with Gasteiger partial charge in [0.15, 0.2) is 0 Å². The lowest BCUT2D eigenvalue weighted by Crippen LogP contribution is -2.41. The normalized spacial score (nSPS) is 18.6. The first kappa shape index (κ1) is 12.7. The maximum Gasteiger partial charge on any atom is 0.416 e. The molecule has 0 spiro atoms. The molecule has 1 heterocycles. The van der Waals surface area contributed by atoms with Crippen molar-refractivity contribution in [2.75, 3.05) is 5.32 Å². The van der Waals surface area contributed by atoms with Gasteiger partial charge in [-0.3, -0.25) is 0 Å². The zero-order chi connectivity index (χ0) is 12.7. The predicted molar refractivity (Wildman–Crippen MR) is 62.8 cm³/mol. The third-order valence-corrected chi connectivity index (χ3v) is 3.41. The smallest absolute Gasteiger partial charge is 0.365 e. The van der Waals surface area contributed by atoms with E-state index < -0.39 is 11.7 Å². The number of hydrogen-bond donors (Lipinski definition) is 1. The molecule has 1 aliphatic carbocycles. The number of alkyl halides is 3. The maximum absolute atomic E-state index is 12.6. The molecule has 1 aromatic rings. The molecular formula is C11H12BrF3N2. The zero-order valence-electron chi connectivity index (χ0n) is 9.24. The van der Waals surface area contributed by atoms with Gasteiger partial charge in [0.25, 0.3) is 0 Å². The van der Waals surface area contributed by atoms with Crippen molar-refractivity contribution in [2.24, 2.45) is 0 Å². The summed E-state index contributed by atoms with van der Waals surface area (Å²) in [6, 6.07) is 2.03. The van der Waals surface area contributed by atoms with E-state index in [-0.39, 0.29) is 16.0 Å². The van der Waals surface area contributed by atoms with Crippen molar-refractivity contribution in [2.45, 2.75) is 37.9 Å². The summed E-state index contributed by atoms with van der Waals surface area (Å²) in [6.07, 6.45) is -1.32. The second-order valence-corrected chi connectivity index (χ2v) is 5.41. The first-order valence-electron chi connectivity index (χ1n) is 5.31. The highest BCUT2D eigenvalue weighted by atomic mass is 79.9. The van der Waals surface area contributed by atoms with Crippen molar-refractivity contribution in [3.8, 4) is 0 Å². The Bertz CT molecular complexity index is 427. The molecule has 0 aliphatic heterocycles. The van der Waals surface area contributed by atoms with Gasteiger partial charge in [-0.2, -0.15) is 13.2 Å². The van der Waals surface area contributed by atoms with Gasteiger partial charge in [0.2, 0.25) is 0 Å². The average molecular weight is 309 g/mol. The maximum atomic E-state index is 12.6. The molecule has 1 aromatic heterocycles. The van der Waals surface area contributed by atoms with Gasteiger partial charge in [-0.05, 0) is 54.2 Å². The molecule has 6 heteroatoms. The third-order valence-electron chi connectivity index (χ3n) is 3.01. The van der Waals surface area contributed by atoms with Crippen LogP contribution in [0.15, 0.2) is 16.7 Å². The van der Waals surface area contributed by atoms with Gasteiger partial charge in [-0.25, -0.2) is 4.98 Å². The summed E-state index contributed by atoms with van der Waals surface area (Å²) in [6.45, 7) is 1.99. The highest BCUT2D eigenvalue weighted by molar-refractivity contribution is 9.10. The van der Waals surface area contributed by atoms with Crippen LogP contribution in [0.2, 0.25) is 0 Å². The Hall–Kier alpha value is -0.780. The van der Waals surface area contributed by atoms with Gasteiger partial charge < -0.3 is 5.32 Å². The molecule has 0 aromatic carbocycles. The summed E-state index contributed by atoms with van der Waals surface area (Å²) in [5, 5.41) is 3.07. The standard InChI is InChI=1S/C11H12BrF3N2/c1-10(3-2-4-10)17-9-6-7(11(13,14)15)5-8(12)16-9/h5-6H,2-4H2,1H3,(H,16,17). The van der Waals surface area contributed by atoms with E-state index in [0.29, 0.717) is 0 Å². The molecule has 2 nitrogen and oxygen atoms in total. The minimum Gasteiger partial charge on any atom is -0.365 e. The molecule has 0 amide bonds. The predicted octanol–water partition coefficient (Wildman–Crippen LogP) is 4.22. The highest BCUT2D eigenvalue weighted by Gasteiger charge is 2.34. The second kappa shape index (κ2) is 4.15. The number of nitrogens with zero attached hydrogens (tertiary/aromatic N) is 1. The van der Waals surface area contributed by atoms with E-state index in [1.165, 1.54) is 0 Å². The Morgan fingerprint density at radius 2 is 2.00 bits per heavy atom. The molecule has 0 unspecified atom stereocenters. The summed E-state index contributed by atoms with van der Waals surface area (Å²) in [5.41, 5.74) is -0.804. The van der Waals surface area contributed by atoms with Crippen molar-refractivity contribution in [1.29, 1.82) is 0 Å². The summed E-state index contributed by atoms with van der Waals surface area (Å²) < 4.78 is 38.0. The van der Waals surface area contributed by atoms with E-state index in [2.05, 4.69) is 26.2 Å². The van der Waals surface area contributed by atoms with Crippen LogP contribution in [0.3, 0.4) is 0 Å². The third kappa shape index (κ3) is 2.91. The van der Waals surface area contributed by atoms with E-state index in [1.54, 1.807) is 0 Å². The molecule has 0 saturated heterocycles. The van der Waals surface area contributed by atoms with E-state index in [1.807, 2.05) is 6.92 Å². The summed E-state index contributed by atoms with van der Waals surface area (Å²) >= 11 is 3.00. The fourth-order valence-corrected chi connectivity index (χ4v) is 2.30. The van der Waals surface area contributed by atoms with E-state index in [0.717, 1.165) is 31.4 Å². The molecule has 1 N–H and O–H groups in total. The number of anilines is 1. The fraction of sp³-hybridized carbons (Fsp3) is 0.545. The second-order valence-electron chi connectivity index (χ2n) is 4.60. The van der Waals surface area contributed by atoms with Gasteiger partial charge in [0, 0.05) is 5.54 Å². The molecule has 0 radical (unpaired) electrons. The number of rotatable bonds is 2. The molecular weight excluding hydrogens is 297 g/mol. The fourth-order valence-electron chi connectivity index (χ4n) is 1.87. The van der Waals surface area contributed by atoms with Gasteiger partial charge in [0.1, 0.15) is 10.4 Å². The average Bonchev–Trinajstić information content (AvgIpc) is 2.13. The lowest BCUT2D eigenvalue weighted by Gasteiger charge is -2.39. The lowest BCUT2D eigenvalue weighted by molar-refractivity contribution is -0.137. The van der Waals surface area contributed by atoms with Crippen molar-refractivity contribution in [1.82, 2.24) is 4.98 Å². The van der Waals surface area contributed by atoms with Crippen molar-refractivity contribution in [3.63, 3.8) is 0 Å². The van der Waals surface area contributed by atoms with Crippen LogP contribution < -0.4 is 5.32 Å². The molecule has 2 rings (SSSR count). The van der Waals surface area contributed by atoms with E-state index >= 15 is 0 Å². The van der Waals surface area contributed by atoms with Crippen LogP contribution in [0.5, 0.6) is 0 Å². The molecule has 1 aliphatic rings. The van der Waals surface area contributed by atoms with Crippen LogP contribution in [0.25, 0.3) is 0 Å². The Morgan fingerprint density at radius 3 is 2.47 bits per heavy atom. The molecule has 94 valence electrons. The number of hydrogen-bond acceptors (Lipinski definition) is 2. The molecule has 1 fully saturated rings. The topological polar surface area (TPSA) is 24.9 Å². The monoisotopic (exact) mass is 308 g/mol. The van der Waals surface area contributed by atoms with Crippen molar-refractivity contribution >= 4 is 21.7 Å². The summed E-state index contributed by atoms with van der Waals surface area (Å²) in [7, 11) is 0. The first-order valence-corrected chi connectivity index (χ1v) is 6.11. The van der Waals surface area contributed by atoms with Crippen LogP contribution in [0, 0.1) is 0 Å². The minimum atomic E-state index is -4.34. The van der Waals surface area contributed by atoms with Crippen molar-refractivity contribution in [3.05, 3.63) is 22.3 Å². The zero-order valence-corrected chi connectivity index (χ0v) is 10.8. The molecule has 0 bridgehead atoms. The van der Waals surface area contributed by atoms with E-state index in [9.17, 15) is 13.2 Å². The van der Waals surface area contributed by atoms with Gasteiger partial charge in [-0.1, -0.05) is 0 Å². The van der Waals surface area contributed by atoms with Crippen LogP contribution >= 0.6 is 15.9 Å². The number of pyridine rings is 1. The summed E-state index contributed by atoms with van der Waals surface area (Å²) in [5.74, 6) is 0.272. The van der Waals surface area contributed by atoms with Crippen molar-refractivity contribution < 1.29 is 13.2 Å². The molecule has 17 heavy (non-hydrogen) atoms. The van der Waals surface area contributed by atoms with E-state index in [4.69, 9.17) is 0 Å². The van der Waals surface area contributed by atoms with Gasteiger partial charge >= 0.3 is 6.18 Å². The molecule has 0 atom stereocenters. The number of nitrogens with one attached hydrogen (secondary N) is 1. The lowest BCUT2D eigenvalue weighted by atomic mass is 9.78. The Labute approximate surface area is 106 Å². The largest absolute Gasteiger partial charge is 0.416 e. The minimum absolute atomic E-state index is 0.114. The van der Waals surface area contributed by atoms with Crippen LogP contribution in [0.1, 0.15) is 31.7 Å². The van der Waals surface area contributed by atoms with Crippen LogP contribution in [0.4, 0.5) is 19.0 Å². The van der Waals surface area contributed by atoms with Gasteiger partial charge in [0.05, 0.1) is 5.56 Å². The Kier molecular flexibility index (Phi) is 3.10. The summed E-state index contributed by atoms with van der Waals surface area (Å²) in [4.78, 5) is 4.02. The van der Waals surface area contributed by atoms with Crippen LogP contribution in [-0.4, -0.2) is 10.5 Å². The highest BCUT2D eigenvalue weighted by Crippen LogP contribution is 2.36. The Balaban J connectivity index is 2.25. The Morgan fingerprint density at radius 1 is 1.35 bits per heavy atom.